The molecule has 1 atom stereocenters. The number of rotatable bonds is 4. The molecule has 0 bridgehead atoms. The standard InChI is InChI=1S/C21H19F3N4O3/c1-31-18-5-3-2-4-15(18)20(30)28-9-8-27(12-17(28)19(26)29)14-7-6-13(11-25)16(10-14)21(22,23)24/h2-7,10,17H,8-9,12H2,1H3,(H2,26,29). The van der Waals surface area contributed by atoms with Gasteiger partial charge in [0.05, 0.1) is 29.9 Å². The topological polar surface area (TPSA) is 99.7 Å². The van der Waals surface area contributed by atoms with Gasteiger partial charge in [-0.15, -0.1) is 0 Å². The molecule has 162 valence electrons. The molecular weight excluding hydrogens is 413 g/mol. The molecular formula is C21H19F3N4O3. The van der Waals surface area contributed by atoms with E-state index in [9.17, 15) is 22.8 Å². The Morgan fingerprint density at radius 2 is 1.90 bits per heavy atom. The van der Waals surface area contributed by atoms with Crippen LogP contribution in [0.1, 0.15) is 21.5 Å². The minimum atomic E-state index is -4.70. The lowest BCUT2D eigenvalue weighted by Crippen LogP contribution is -2.60. The van der Waals surface area contributed by atoms with E-state index in [1.807, 2.05) is 0 Å². The molecule has 0 aromatic heterocycles. The van der Waals surface area contributed by atoms with Crippen molar-refractivity contribution in [1.82, 2.24) is 4.90 Å². The maximum atomic E-state index is 13.3. The molecule has 2 aromatic carbocycles. The molecule has 0 aliphatic carbocycles. The summed E-state index contributed by atoms with van der Waals surface area (Å²) < 4.78 is 45.1. The van der Waals surface area contributed by atoms with Gasteiger partial charge in [0.1, 0.15) is 11.8 Å². The number of carbonyl (C=O) groups excluding carboxylic acids is 2. The summed E-state index contributed by atoms with van der Waals surface area (Å²) in [6.45, 7) is 0.152. The van der Waals surface area contributed by atoms with Crippen LogP contribution < -0.4 is 15.4 Å². The Labute approximate surface area is 176 Å². The molecule has 2 N–H and O–H groups in total. The van der Waals surface area contributed by atoms with E-state index in [0.717, 1.165) is 12.1 Å². The summed E-state index contributed by atoms with van der Waals surface area (Å²) in [7, 11) is 1.42. The van der Waals surface area contributed by atoms with E-state index in [4.69, 9.17) is 15.7 Å². The summed E-state index contributed by atoms with van der Waals surface area (Å²) in [4.78, 5) is 28.0. The van der Waals surface area contributed by atoms with E-state index in [2.05, 4.69) is 0 Å². The van der Waals surface area contributed by atoms with Gasteiger partial charge in [0.15, 0.2) is 0 Å². The number of hydrogen-bond donors (Lipinski definition) is 1. The number of nitrogens with zero attached hydrogens (tertiary/aromatic N) is 3. The van der Waals surface area contributed by atoms with Gasteiger partial charge in [0, 0.05) is 25.3 Å². The predicted octanol–water partition coefficient (Wildman–Crippen LogP) is 2.40. The molecule has 31 heavy (non-hydrogen) atoms. The van der Waals surface area contributed by atoms with E-state index in [-0.39, 0.29) is 30.9 Å². The molecule has 3 rings (SSSR count). The van der Waals surface area contributed by atoms with Crippen LogP contribution >= 0.6 is 0 Å². The number of nitrogens with two attached hydrogens (primary N) is 1. The molecule has 2 aromatic rings. The number of alkyl halides is 3. The van der Waals surface area contributed by atoms with Gasteiger partial charge in [0.2, 0.25) is 5.91 Å². The van der Waals surface area contributed by atoms with Crippen LogP contribution in [0.4, 0.5) is 18.9 Å². The van der Waals surface area contributed by atoms with Crippen LogP contribution in [-0.4, -0.2) is 49.5 Å². The van der Waals surface area contributed by atoms with E-state index < -0.39 is 35.2 Å². The highest BCUT2D eigenvalue weighted by molar-refractivity contribution is 6.00. The molecule has 1 aliphatic heterocycles. The fourth-order valence-corrected chi connectivity index (χ4v) is 3.54. The number of hydrogen-bond acceptors (Lipinski definition) is 5. The molecule has 0 saturated carbocycles. The SMILES string of the molecule is COc1ccccc1C(=O)N1CCN(c2ccc(C#N)c(C(F)(F)F)c2)CC1C(N)=O. The molecule has 0 radical (unpaired) electrons. The maximum absolute atomic E-state index is 13.3. The third-order valence-electron chi connectivity index (χ3n) is 5.10. The predicted molar refractivity (Wildman–Crippen MR) is 105 cm³/mol. The van der Waals surface area contributed by atoms with Crippen molar-refractivity contribution in [3.63, 3.8) is 0 Å². The highest BCUT2D eigenvalue weighted by Crippen LogP contribution is 2.35. The Kier molecular flexibility index (Phi) is 6.06. The highest BCUT2D eigenvalue weighted by Gasteiger charge is 2.37. The summed E-state index contributed by atoms with van der Waals surface area (Å²) in [6, 6.07) is 10.3. The minimum Gasteiger partial charge on any atom is -0.496 e. The second-order valence-electron chi connectivity index (χ2n) is 6.90. The summed E-state index contributed by atoms with van der Waals surface area (Å²) in [6.07, 6.45) is -4.70. The first kappa shape index (κ1) is 22.0. The Morgan fingerprint density at radius 1 is 1.19 bits per heavy atom. The molecule has 0 spiro atoms. The number of methoxy groups -OCH3 is 1. The van der Waals surface area contributed by atoms with Crippen molar-refractivity contribution in [2.24, 2.45) is 5.73 Å². The normalized spacial score (nSPS) is 16.5. The van der Waals surface area contributed by atoms with Crippen molar-refractivity contribution in [3.8, 4) is 11.8 Å². The van der Waals surface area contributed by atoms with Crippen molar-refractivity contribution in [3.05, 3.63) is 59.2 Å². The Hall–Kier alpha value is -3.74. The average Bonchev–Trinajstić information content (AvgIpc) is 2.77. The number of primary amides is 1. The van der Waals surface area contributed by atoms with Gasteiger partial charge in [-0.2, -0.15) is 18.4 Å². The summed E-state index contributed by atoms with van der Waals surface area (Å²) in [5, 5.41) is 8.97. The molecule has 1 heterocycles. The third-order valence-corrected chi connectivity index (χ3v) is 5.10. The number of anilines is 1. The number of para-hydroxylation sites is 1. The molecule has 1 aliphatic rings. The van der Waals surface area contributed by atoms with Gasteiger partial charge in [-0.1, -0.05) is 12.1 Å². The summed E-state index contributed by atoms with van der Waals surface area (Å²) in [5.74, 6) is -0.908. The van der Waals surface area contributed by atoms with Gasteiger partial charge in [0.25, 0.3) is 5.91 Å². The lowest BCUT2D eigenvalue weighted by molar-refractivity contribution is -0.137. The highest BCUT2D eigenvalue weighted by atomic mass is 19.4. The largest absolute Gasteiger partial charge is 0.496 e. The first-order chi connectivity index (χ1) is 14.7. The minimum absolute atomic E-state index is 0.0614. The summed E-state index contributed by atoms with van der Waals surface area (Å²) >= 11 is 0. The quantitative estimate of drug-likeness (QED) is 0.800. The van der Waals surface area contributed by atoms with Gasteiger partial charge in [-0.3, -0.25) is 9.59 Å². The van der Waals surface area contributed by atoms with E-state index in [1.165, 1.54) is 29.0 Å². The third kappa shape index (κ3) is 4.40. The first-order valence-electron chi connectivity index (χ1n) is 9.27. The second kappa shape index (κ2) is 8.55. The van der Waals surface area contributed by atoms with Crippen molar-refractivity contribution >= 4 is 17.5 Å². The van der Waals surface area contributed by atoms with Gasteiger partial charge in [-0.05, 0) is 30.3 Å². The van der Waals surface area contributed by atoms with Crippen LogP contribution in [-0.2, 0) is 11.0 Å². The van der Waals surface area contributed by atoms with Crippen LogP contribution in [0.15, 0.2) is 42.5 Å². The van der Waals surface area contributed by atoms with E-state index in [1.54, 1.807) is 24.3 Å². The lowest BCUT2D eigenvalue weighted by Gasteiger charge is -2.41. The summed E-state index contributed by atoms with van der Waals surface area (Å²) in [5.41, 5.74) is 4.40. The monoisotopic (exact) mass is 432 g/mol. The smallest absolute Gasteiger partial charge is 0.417 e. The van der Waals surface area contributed by atoms with E-state index >= 15 is 0 Å². The second-order valence-corrected chi connectivity index (χ2v) is 6.90. The van der Waals surface area contributed by atoms with Crippen LogP contribution in [0.3, 0.4) is 0 Å². The van der Waals surface area contributed by atoms with Gasteiger partial charge >= 0.3 is 6.18 Å². The van der Waals surface area contributed by atoms with Crippen LogP contribution in [0, 0.1) is 11.3 Å². The van der Waals surface area contributed by atoms with Crippen molar-refractivity contribution in [2.45, 2.75) is 12.2 Å². The Balaban J connectivity index is 1.90. The van der Waals surface area contributed by atoms with Crippen LogP contribution in [0.25, 0.3) is 0 Å². The molecule has 1 saturated heterocycles. The van der Waals surface area contributed by atoms with Crippen molar-refractivity contribution in [2.75, 3.05) is 31.6 Å². The maximum Gasteiger partial charge on any atom is 0.417 e. The Bertz CT molecular complexity index is 1050. The average molecular weight is 432 g/mol. The van der Waals surface area contributed by atoms with Gasteiger partial charge in [-0.25, -0.2) is 0 Å². The van der Waals surface area contributed by atoms with Crippen LogP contribution in [0.2, 0.25) is 0 Å². The number of amides is 2. The fourth-order valence-electron chi connectivity index (χ4n) is 3.54. The zero-order valence-electron chi connectivity index (χ0n) is 16.5. The number of carbonyl (C=O) groups is 2. The number of benzene rings is 2. The fraction of sp³-hybridized carbons (Fsp3) is 0.286. The van der Waals surface area contributed by atoms with Crippen molar-refractivity contribution in [1.29, 1.82) is 5.26 Å². The van der Waals surface area contributed by atoms with Crippen molar-refractivity contribution < 1.29 is 27.5 Å². The zero-order valence-corrected chi connectivity index (χ0v) is 16.5. The molecule has 1 fully saturated rings. The Morgan fingerprint density at radius 3 is 2.52 bits per heavy atom. The lowest BCUT2D eigenvalue weighted by atomic mass is 10.0. The van der Waals surface area contributed by atoms with Crippen LogP contribution in [0.5, 0.6) is 5.75 Å². The molecule has 10 heteroatoms. The zero-order chi connectivity index (χ0) is 22.8. The van der Waals surface area contributed by atoms with E-state index in [0.29, 0.717) is 5.75 Å². The number of halogens is 3. The number of ether oxygens (including phenoxy) is 1. The van der Waals surface area contributed by atoms with Gasteiger partial charge < -0.3 is 20.3 Å². The number of nitriles is 1. The number of piperazine rings is 1. The molecule has 7 nitrogen and oxygen atoms in total. The molecule has 2 amide bonds. The molecule has 1 unspecified atom stereocenters. The first-order valence-corrected chi connectivity index (χ1v) is 9.27.